The summed E-state index contributed by atoms with van der Waals surface area (Å²) >= 11 is 0. The number of carboxylic acids is 1. The van der Waals surface area contributed by atoms with Crippen LogP contribution < -0.4 is 9.47 Å². The molecule has 3 rings (SSSR count). The molecular formula is C20H20N2O4. The zero-order chi connectivity index (χ0) is 18.5. The normalized spacial score (nSPS) is 11.8. The highest BCUT2D eigenvalue weighted by atomic mass is 16.5. The highest BCUT2D eigenvalue weighted by Gasteiger charge is 2.16. The Bertz CT molecular complexity index is 890. The summed E-state index contributed by atoms with van der Waals surface area (Å²) in [6, 6.07) is 14.7. The lowest BCUT2D eigenvalue weighted by molar-refractivity contribution is -0.140. The number of benzene rings is 2. The van der Waals surface area contributed by atoms with Gasteiger partial charge >= 0.3 is 5.97 Å². The summed E-state index contributed by atoms with van der Waals surface area (Å²) in [5.74, 6) is 0.398. The van der Waals surface area contributed by atoms with Gasteiger partial charge in [-0.1, -0.05) is 30.3 Å². The zero-order valence-electron chi connectivity index (χ0n) is 14.6. The first-order valence-corrected chi connectivity index (χ1v) is 8.20. The number of methoxy groups -OCH3 is 1. The van der Waals surface area contributed by atoms with Crippen LogP contribution in [0.4, 0.5) is 0 Å². The Morgan fingerprint density at radius 3 is 2.69 bits per heavy atom. The second-order valence-corrected chi connectivity index (χ2v) is 5.86. The van der Waals surface area contributed by atoms with Crippen molar-refractivity contribution in [3.8, 4) is 22.6 Å². The Morgan fingerprint density at radius 1 is 1.23 bits per heavy atom. The molecule has 1 atom stereocenters. The molecule has 0 aliphatic rings. The van der Waals surface area contributed by atoms with Crippen LogP contribution in [0.25, 0.3) is 11.1 Å². The fourth-order valence-electron chi connectivity index (χ4n) is 2.54. The minimum absolute atomic E-state index is 0.470. The van der Waals surface area contributed by atoms with E-state index in [2.05, 4.69) is 5.10 Å². The van der Waals surface area contributed by atoms with Crippen LogP contribution in [0.3, 0.4) is 0 Å². The maximum atomic E-state index is 11.1. The quantitative estimate of drug-likeness (QED) is 0.700. The van der Waals surface area contributed by atoms with Crippen molar-refractivity contribution in [2.24, 2.45) is 0 Å². The van der Waals surface area contributed by atoms with Crippen molar-refractivity contribution in [2.75, 3.05) is 7.11 Å². The van der Waals surface area contributed by atoms with E-state index in [4.69, 9.17) is 14.6 Å². The molecular weight excluding hydrogens is 332 g/mol. The van der Waals surface area contributed by atoms with E-state index in [0.717, 1.165) is 16.7 Å². The maximum absolute atomic E-state index is 11.1. The summed E-state index contributed by atoms with van der Waals surface area (Å²) < 4.78 is 12.7. The van der Waals surface area contributed by atoms with Gasteiger partial charge in [-0.15, -0.1) is 0 Å². The van der Waals surface area contributed by atoms with E-state index in [0.29, 0.717) is 18.1 Å². The highest BCUT2D eigenvalue weighted by Crippen LogP contribution is 2.33. The first-order valence-electron chi connectivity index (χ1n) is 8.20. The monoisotopic (exact) mass is 352 g/mol. The first-order chi connectivity index (χ1) is 12.6. The molecule has 1 N–H and O–H groups in total. The topological polar surface area (TPSA) is 73.6 Å². The van der Waals surface area contributed by atoms with Crippen LogP contribution in [0.2, 0.25) is 0 Å². The second kappa shape index (κ2) is 7.74. The van der Waals surface area contributed by atoms with E-state index in [1.54, 1.807) is 26.4 Å². The molecule has 1 aromatic heterocycles. The molecule has 0 aliphatic carbocycles. The first kappa shape index (κ1) is 17.5. The molecule has 0 bridgehead atoms. The van der Waals surface area contributed by atoms with Gasteiger partial charge in [0.2, 0.25) is 0 Å². The Morgan fingerprint density at radius 2 is 2.00 bits per heavy atom. The maximum Gasteiger partial charge on any atom is 0.328 e. The van der Waals surface area contributed by atoms with Gasteiger partial charge < -0.3 is 14.6 Å². The lowest BCUT2D eigenvalue weighted by Crippen LogP contribution is -2.15. The second-order valence-electron chi connectivity index (χ2n) is 5.86. The van der Waals surface area contributed by atoms with E-state index in [1.165, 1.54) is 4.68 Å². The molecule has 0 radical (unpaired) electrons. The Balaban J connectivity index is 1.80. The van der Waals surface area contributed by atoms with Crippen molar-refractivity contribution >= 4 is 5.97 Å². The fraction of sp³-hybridized carbons (Fsp3) is 0.200. The van der Waals surface area contributed by atoms with Gasteiger partial charge in [-0.2, -0.15) is 5.10 Å². The van der Waals surface area contributed by atoms with Crippen molar-refractivity contribution in [1.82, 2.24) is 9.78 Å². The molecule has 0 saturated carbocycles. The molecule has 6 heteroatoms. The Labute approximate surface area is 151 Å². The number of aliphatic carboxylic acids is 1. The average Bonchev–Trinajstić information content (AvgIpc) is 3.16. The predicted octanol–water partition coefficient (Wildman–Crippen LogP) is 3.78. The summed E-state index contributed by atoms with van der Waals surface area (Å²) in [7, 11) is 1.59. The van der Waals surface area contributed by atoms with Crippen LogP contribution in [0.5, 0.6) is 11.5 Å². The van der Waals surface area contributed by atoms with Crippen LogP contribution in [0.15, 0.2) is 60.9 Å². The molecule has 0 saturated heterocycles. The van der Waals surface area contributed by atoms with Crippen molar-refractivity contribution in [3.63, 3.8) is 0 Å². The van der Waals surface area contributed by atoms with Crippen LogP contribution >= 0.6 is 0 Å². The van der Waals surface area contributed by atoms with Crippen molar-refractivity contribution in [3.05, 3.63) is 66.5 Å². The number of carboxylic acid groups (broad SMARTS) is 1. The van der Waals surface area contributed by atoms with Gasteiger partial charge in [0, 0.05) is 23.4 Å². The van der Waals surface area contributed by atoms with Gasteiger partial charge in [-0.05, 0) is 24.6 Å². The largest absolute Gasteiger partial charge is 0.496 e. The summed E-state index contributed by atoms with van der Waals surface area (Å²) in [6.07, 6.45) is 3.32. The van der Waals surface area contributed by atoms with Crippen molar-refractivity contribution in [2.45, 2.75) is 19.6 Å². The average molecular weight is 352 g/mol. The third-order valence-corrected chi connectivity index (χ3v) is 4.09. The van der Waals surface area contributed by atoms with Crippen LogP contribution in [0, 0.1) is 0 Å². The van der Waals surface area contributed by atoms with E-state index >= 15 is 0 Å². The minimum Gasteiger partial charge on any atom is -0.496 e. The van der Waals surface area contributed by atoms with Crippen LogP contribution in [-0.2, 0) is 11.4 Å². The predicted molar refractivity (Wildman–Crippen MR) is 97.3 cm³/mol. The van der Waals surface area contributed by atoms with E-state index < -0.39 is 12.0 Å². The Kier molecular flexibility index (Phi) is 5.22. The number of nitrogens with zero attached hydrogens (tertiary/aromatic N) is 2. The van der Waals surface area contributed by atoms with Crippen molar-refractivity contribution in [1.29, 1.82) is 0 Å². The number of ether oxygens (including phenoxy) is 2. The summed E-state index contributed by atoms with van der Waals surface area (Å²) in [5.41, 5.74) is 2.69. The van der Waals surface area contributed by atoms with Crippen molar-refractivity contribution < 1.29 is 19.4 Å². The molecule has 134 valence electrons. The molecule has 0 amide bonds. The number of carbonyl (C=O) groups is 1. The smallest absolute Gasteiger partial charge is 0.328 e. The lowest BCUT2D eigenvalue weighted by atomic mass is 10.1. The molecule has 1 heterocycles. The molecule has 1 unspecified atom stereocenters. The van der Waals surface area contributed by atoms with Gasteiger partial charge in [0.15, 0.2) is 0 Å². The molecule has 0 aliphatic heterocycles. The number of aromatic nitrogens is 2. The standard InChI is InChI=1S/C20H20N2O4/c1-14(20(23)24)22-12-16(11-21-22)18-9-8-17(10-19(18)25-2)26-13-15-6-4-3-5-7-15/h3-12,14H,13H2,1-2H3,(H,23,24). The van der Waals surface area contributed by atoms with Gasteiger partial charge in [-0.25, -0.2) is 4.79 Å². The zero-order valence-corrected chi connectivity index (χ0v) is 14.6. The number of hydrogen-bond acceptors (Lipinski definition) is 4. The molecule has 3 aromatic rings. The van der Waals surface area contributed by atoms with Gasteiger partial charge in [-0.3, -0.25) is 4.68 Å². The molecule has 0 fully saturated rings. The van der Waals surface area contributed by atoms with Gasteiger partial charge in [0.05, 0.1) is 13.3 Å². The Hall–Kier alpha value is -3.28. The van der Waals surface area contributed by atoms with E-state index in [-0.39, 0.29) is 0 Å². The molecule has 2 aromatic carbocycles. The minimum atomic E-state index is -0.934. The summed E-state index contributed by atoms with van der Waals surface area (Å²) in [4.78, 5) is 11.1. The third-order valence-electron chi connectivity index (χ3n) is 4.09. The molecule has 6 nitrogen and oxygen atoms in total. The summed E-state index contributed by atoms with van der Waals surface area (Å²) in [6.45, 7) is 2.05. The van der Waals surface area contributed by atoms with Crippen LogP contribution in [-0.4, -0.2) is 28.0 Å². The summed E-state index contributed by atoms with van der Waals surface area (Å²) in [5, 5.41) is 13.2. The van der Waals surface area contributed by atoms with E-state index in [9.17, 15) is 4.79 Å². The molecule has 26 heavy (non-hydrogen) atoms. The third kappa shape index (κ3) is 3.85. The highest BCUT2D eigenvalue weighted by molar-refractivity contribution is 5.73. The number of hydrogen-bond donors (Lipinski definition) is 1. The lowest BCUT2D eigenvalue weighted by Gasteiger charge is -2.11. The van der Waals surface area contributed by atoms with E-state index in [1.807, 2.05) is 48.5 Å². The SMILES string of the molecule is COc1cc(OCc2ccccc2)ccc1-c1cnn(C(C)C(=O)O)c1. The van der Waals surface area contributed by atoms with Gasteiger partial charge in [0.25, 0.3) is 0 Å². The van der Waals surface area contributed by atoms with Crippen LogP contribution in [0.1, 0.15) is 18.5 Å². The number of rotatable bonds is 7. The fourth-order valence-corrected chi connectivity index (χ4v) is 2.54. The van der Waals surface area contributed by atoms with Gasteiger partial charge in [0.1, 0.15) is 24.1 Å². The molecule has 0 spiro atoms.